The summed E-state index contributed by atoms with van der Waals surface area (Å²) in [7, 11) is 1.50. The third-order valence-corrected chi connectivity index (χ3v) is 4.41. The van der Waals surface area contributed by atoms with Gasteiger partial charge in [-0.1, -0.05) is 6.07 Å². The number of aromatic nitrogens is 3. The Morgan fingerprint density at radius 3 is 2.34 bits per heavy atom. The Labute approximate surface area is 165 Å². The molecule has 0 bridgehead atoms. The van der Waals surface area contributed by atoms with E-state index in [1.807, 2.05) is 19.9 Å². The number of hydrogen-bond acceptors (Lipinski definition) is 4. The molecule has 9 heteroatoms. The lowest BCUT2D eigenvalue weighted by atomic mass is 10.1. The summed E-state index contributed by atoms with van der Waals surface area (Å²) in [5, 5.41) is 6.64. The molecule has 1 aromatic carbocycles. The number of alkyl halides is 3. The van der Waals surface area contributed by atoms with Crippen LogP contribution in [0.25, 0.3) is 11.0 Å². The van der Waals surface area contributed by atoms with Crippen molar-refractivity contribution < 1.29 is 22.7 Å². The van der Waals surface area contributed by atoms with Crippen molar-refractivity contribution in [2.75, 3.05) is 5.32 Å². The molecule has 0 fully saturated rings. The summed E-state index contributed by atoms with van der Waals surface area (Å²) in [6.45, 7) is 6.73. The number of fused-ring (bicyclic) bond motifs is 1. The molecule has 2 aromatic heterocycles. The monoisotopic (exact) mass is 406 g/mol. The van der Waals surface area contributed by atoms with E-state index in [1.54, 1.807) is 12.1 Å². The van der Waals surface area contributed by atoms with Crippen molar-refractivity contribution in [3.05, 3.63) is 46.6 Å². The predicted octanol–water partition coefficient (Wildman–Crippen LogP) is 4.32. The summed E-state index contributed by atoms with van der Waals surface area (Å²) in [6, 6.07) is 6.35. The van der Waals surface area contributed by atoms with Crippen molar-refractivity contribution >= 4 is 22.6 Å². The number of ether oxygens (including phenoxy) is 1. The van der Waals surface area contributed by atoms with Crippen LogP contribution in [0.3, 0.4) is 0 Å². The Morgan fingerprint density at radius 2 is 1.76 bits per heavy atom. The van der Waals surface area contributed by atoms with Gasteiger partial charge >= 0.3 is 6.18 Å². The van der Waals surface area contributed by atoms with Crippen LogP contribution in [-0.4, -0.2) is 26.8 Å². The second-order valence-corrected chi connectivity index (χ2v) is 7.04. The zero-order chi connectivity index (χ0) is 21.5. The summed E-state index contributed by atoms with van der Waals surface area (Å²) in [6.07, 6.45) is -5.67. The molecule has 0 aliphatic carbocycles. The van der Waals surface area contributed by atoms with Gasteiger partial charge in [0.15, 0.2) is 11.8 Å². The maximum atomic E-state index is 13.5. The summed E-state index contributed by atoms with van der Waals surface area (Å²) in [5.74, 6) is -0.789. The van der Waals surface area contributed by atoms with Crippen LogP contribution in [-0.2, 0) is 18.0 Å². The van der Waals surface area contributed by atoms with Crippen molar-refractivity contribution in [2.24, 2.45) is 7.05 Å². The van der Waals surface area contributed by atoms with E-state index in [1.165, 1.54) is 25.6 Å². The van der Waals surface area contributed by atoms with E-state index in [0.717, 1.165) is 17.2 Å². The van der Waals surface area contributed by atoms with Crippen molar-refractivity contribution in [3.8, 4) is 5.88 Å². The minimum atomic E-state index is -4.61. The largest absolute Gasteiger partial charge is 0.464 e. The van der Waals surface area contributed by atoms with Crippen LogP contribution in [0.1, 0.15) is 29.3 Å². The highest BCUT2D eigenvalue weighted by Crippen LogP contribution is 2.37. The average molecular weight is 406 g/mol. The number of benzene rings is 1. The van der Waals surface area contributed by atoms with Gasteiger partial charge in [-0.3, -0.25) is 9.48 Å². The lowest BCUT2D eigenvalue weighted by Gasteiger charge is -2.16. The van der Waals surface area contributed by atoms with Gasteiger partial charge in [0.25, 0.3) is 5.91 Å². The molecule has 29 heavy (non-hydrogen) atoms. The van der Waals surface area contributed by atoms with E-state index >= 15 is 0 Å². The number of amides is 1. The molecule has 3 aromatic rings. The van der Waals surface area contributed by atoms with Gasteiger partial charge in [-0.25, -0.2) is 0 Å². The van der Waals surface area contributed by atoms with Crippen molar-refractivity contribution in [3.63, 3.8) is 0 Å². The first-order valence-corrected chi connectivity index (χ1v) is 8.93. The molecule has 0 unspecified atom stereocenters. The molecule has 0 saturated heterocycles. The van der Waals surface area contributed by atoms with Crippen LogP contribution in [0.2, 0.25) is 0 Å². The van der Waals surface area contributed by atoms with Gasteiger partial charge in [0.2, 0.25) is 5.88 Å². The lowest BCUT2D eigenvalue weighted by Crippen LogP contribution is -2.30. The SMILES string of the molecule is Cc1cc(C)cc(NC(=O)[C@H](C)Oc2cc(C(F)(F)F)c3c(C)nn(C)c3n2)c1. The fourth-order valence-corrected chi connectivity index (χ4v) is 3.23. The molecule has 1 N–H and O–H groups in total. The highest BCUT2D eigenvalue weighted by Gasteiger charge is 2.36. The van der Waals surface area contributed by atoms with Gasteiger partial charge in [0.05, 0.1) is 16.6 Å². The first-order valence-electron chi connectivity index (χ1n) is 8.93. The molecule has 154 valence electrons. The van der Waals surface area contributed by atoms with Crippen LogP contribution in [0.15, 0.2) is 24.3 Å². The van der Waals surface area contributed by atoms with Crippen LogP contribution < -0.4 is 10.1 Å². The first-order chi connectivity index (χ1) is 13.5. The van der Waals surface area contributed by atoms with E-state index < -0.39 is 23.8 Å². The van der Waals surface area contributed by atoms with Crippen LogP contribution in [0, 0.1) is 20.8 Å². The van der Waals surface area contributed by atoms with Crippen molar-refractivity contribution in [2.45, 2.75) is 40.0 Å². The number of pyridine rings is 1. The molecule has 0 saturated carbocycles. The number of carbonyl (C=O) groups is 1. The standard InChI is InChI=1S/C20H21F3N4O2/c1-10-6-11(2)8-14(7-10)24-19(28)13(4)29-16-9-15(20(21,22)23)17-12(3)26-27(5)18(17)25-16/h6-9,13H,1-5H3,(H,24,28)/t13-/m0/s1. The second kappa shape index (κ2) is 7.38. The quantitative estimate of drug-likeness (QED) is 0.701. The maximum Gasteiger partial charge on any atom is 0.417 e. The highest BCUT2D eigenvalue weighted by molar-refractivity contribution is 5.94. The van der Waals surface area contributed by atoms with Gasteiger partial charge in [-0.05, 0) is 51.0 Å². The van der Waals surface area contributed by atoms with Crippen molar-refractivity contribution in [1.82, 2.24) is 14.8 Å². The summed E-state index contributed by atoms with van der Waals surface area (Å²) < 4.78 is 47.3. The van der Waals surface area contributed by atoms with Gasteiger partial charge in [-0.2, -0.15) is 23.3 Å². The zero-order valence-corrected chi connectivity index (χ0v) is 16.7. The van der Waals surface area contributed by atoms with Crippen molar-refractivity contribution in [1.29, 1.82) is 0 Å². The van der Waals surface area contributed by atoms with E-state index in [0.29, 0.717) is 5.69 Å². The zero-order valence-electron chi connectivity index (χ0n) is 16.7. The number of hydrogen-bond donors (Lipinski definition) is 1. The van der Waals surface area contributed by atoms with Gasteiger partial charge < -0.3 is 10.1 Å². The highest BCUT2D eigenvalue weighted by atomic mass is 19.4. The van der Waals surface area contributed by atoms with E-state index in [9.17, 15) is 18.0 Å². The van der Waals surface area contributed by atoms with E-state index in [-0.39, 0.29) is 22.6 Å². The Kier molecular flexibility index (Phi) is 5.25. The van der Waals surface area contributed by atoms with Gasteiger partial charge in [-0.15, -0.1) is 0 Å². The van der Waals surface area contributed by atoms with E-state index in [2.05, 4.69) is 15.4 Å². The third-order valence-electron chi connectivity index (χ3n) is 4.41. The molecular weight excluding hydrogens is 385 g/mol. The molecule has 0 spiro atoms. The summed E-state index contributed by atoms with van der Waals surface area (Å²) >= 11 is 0. The molecule has 1 atom stereocenters. The smallest absolute Gasteiger partial charge is 0.417 e. The Morgan fingerprint density at radius 1 is 1.14 bits per heavy atom. The first kappa shape index (κ1) is 20.6. The Balaban J connectivity index is 1.89. The Bertz CT molecular complexity index is 1070. The number of rotatable bonds is 4. The maximum absolute atomic E-state index is 13.5. The predicted molar refractivity (Wildman–Crippen MR) is 103 cm³/mol. The second-order valence-electron chi connectivity index (χ2n) is 7.04. The number of nitrogens with one attached hydrogen (secondary N) is 1. The number of halogens is 3. The average Bonchev–Trinajstić information content (AvgIpc) is 2.86. The molecule has 2 heterocycles. The number of carbonyl (C=O) groups excluding carboxylic acids is 1. The normalized spacial score (nSPS) is 12.8. The number of aryl methyl sites for hydroxylation is 4. The molecule has 1 amide bonds. The number of nitrogens with zero attached hydrogens (tertiary/aromatic N) is 3. The topological polar surface area (TPSA) is 69.0 Å². The molecule has 0 radical (unpaired) electrons. The summed E-state index contributed by atoms with van der Waals surface area (Å²) in [5.41, 5.74) is 1.89. The van der Waals surface area contributed by atoms with E-state index in [4.69, 9.17) is 4.74 Å². The molecule has 0 aliphatic rings. The fourth-order valence-electron chi connectivity index (χ4n) is 3.23. The molecule has 0 aliphatic heterocycles. The third kappa shape index (κ3) is 4.33. The van der Waals surface area contributed by atoms with Gasteiger partial charge in [0, 0.05) is 18.8 Å². The molecule has 6 nitrogen and oxygen atoms in total. The molecule has 3 rings (SSSR count). The molecular formula is C20H21F3N4O2. The summed E-state index contributed by atoms with van der Waals surface area (Å²) in [4.78, 5) is 16.6. The minimum Gasteiger partial charge on any atom is -0.464 e. The van der Waals surface area contributed by atoms with Crippen LogP contribution in [0.5, 0.6) is 5.88 Å². The van der Waals surface area contributed by atoms with Gasteiger partial charge in [0.1, 0.15) is 0 Å². The minimum absolute atomic E-state index is 0.0363. The fraction of sp³-hybridized carbons (Fsp3) is 0.350. The Hall–Kier alpha value is -3.10. The van der Waals surface area contributed by atoms with Crippen LogP contribution >= 0.6 is 0 Å². The lowest BCUT2D eigenvalue weighted by molar-refractivity contribution is -0.136. The number of anilines is 1. The van der Waals surface area contributed by atoms with Crippen LogP contribution in [0.4, 0.5) is 18.9 Å².